The Morgan fingerprint density at radius 1 is 1.47 bits per heavy atom. The van der Waals surface area contributed by atoms with Crippen molar-refractivity contribution in [1.29, 1.82) is 0 Å². The Morgan fingerprint density at radius 2 is 2.20 bits per heavy atom. The molecule has 1 saturated heterocycles. The Balaban J connectivity index is 2.24. The van der Waals surface area contributed by atoms with E-state index in [1.807, 2.05) is 0 Å². The minimum atomic E-state index is -2.99. The molecule has 15 heavy (non-hydrogen) atoms. The lowest BCUT2D eigenvalue weighted by atomic mass is 9.85. The molecule has 0 saturated carbocycles. The third kappa shape index (κ3) is 1.85. The predicted molar refractivity (Wildman–Crippen MR) is 61.1 cm³/mol. The summed E-state index contributed by atoms with van der Waals surface area (Å²) < 4.78 is 25.5. The molecule has 0 aromatic carbocycles. The zero-order chi connectivity index (χ0) is 11.1. The number of hydrogen-bond donors (Lipinski definition) is 0. The van der Waals surface area contributed by atoms with Gasteiger partial charge in [0.05, 0.1) is 5.75 Å². The maximum atomic E-state index is 11.9. The van der Waals surface area contributed by atoms with Gasteiger partial charge in [-0.2, -0.15) is 4.31 Å². The summed E-state index contributed by atoms with van der Waals surface area (Å²) in [5, 5.41) is 0. The summed E-state index contributed by atoms with van der Waals surface area (Å²) >= 11 is 0. The smallest absolute Gasteiger partial charge is 0.212 e. The molecule has 0 aromatic rings. The summed E-state index contributed by atoms with van der Waals surface area (Å²) in [7, 11) is -2.99. The van der Waals surface area contributed by atoms with Crippen LogP contribution in [0.1, 0.15) is 33.1 Å². The van der Waals surface area contributed by atoms with Crippen LogP contribution in [0.5, 0.6) is 0 Å². The van der Waals surface area contributed by atoms with Crippen LogP contribution in [-0.4, -0.2) is 31.1 Å². The van der Waals surface area contributed by atoms with E-state index in [4.69, 9.17) is 0 Å². The van der Waals surface area contributed by atoms with Crippen molar-refractivity contribution in [3.63, 3.8) is 0 Å². The SMILES string of the molecule is CCS(=O)(=O)N1CCC2C(C)=CCCC21. The molecule has 2 atom stereocenters. The molecule has 0 bridgehead atoms. The third-order valence-electron chi connectivity index (χ3n) is 3.73. The Hall–Kier alpha value is -0.350. The number of sulfonamides is 1. The molecule has 0 radical (unpaired) electrons. The van der Waals surface area contributed by atoms with Gasteiger partial charge in [-0.25, -0.2) is 8.42 Å². The monoisotopic (exact) mass is 229 g/mol. The molecule has 2 rings (SSSR count). The fraction of sp³-hybridized carbons (Fsp3) is 0.818. The zero-order valence-electron chi connectivity index (χ0n) is 9.44. The highest BCUT2D eigenvalue weighted by Crippen LogP contribution is 2.38. The Kier molecular flexibility index (Phi) is 2.90. The lowest BCUT2D eigenvalue weighted by Gasteiger charge is -2.30. The Bertz CT molecular complexity index is 372. The summed E-state index contributed by atoms with van der Waals surface area (Å²) in [6.07, 6.45) is 5.30. The number of nitrogens with zero attached hydrogens (tertiary/aromatic N) is 1. The van der Waals surface area contributed by atoms with Gasteiger partial charge in [0, 0.05) is 12.6 Å². The average molecular weight is 229 g/mol. The van der Waals surface area contributed by atoms with Gasteiger partial charge in [-0.15, -0.1) is 0 Å². The molecule has 0 N–H and O–H groups in total. The molecule has 2 aliphatic rings. The van der Waals surface area contributed by atoms with Crippen molar-refractivity contribution in [3.8, 4) is 0 Å². The van der Waals surface area contributed by atoms with E-state index in [1.54, 1.807) is 11.2 Å². The average Bonchev–Trinajstić information content (AvgIpc) is 2.63. The van der Waals surface area contributed by atoms with Crippen molar-refractivity contribution in [1.82, 2.24) is 4.31 Å². The Morgan fingerprint density at radius 3 is 2.87 bits per heavy atom. The summed E-state index contributed by atoms with van der Waals surface area (Å²) in [5.74, 6) is 0.721. The fourth-order valence-corrected chi connectivity index (χ4v) is 4.23. The lowest BCUT2D eigenvalue weighted by Crippen LogP contribution is -2.39. The summed E-state index contributed by atoms with van der Waals surface area (Å²) in [5.41, 5.74) is 1.39. The maximum Gasteiger partial charge on any atom is 0.214 e. The van der Waals surface area contributed by atoms with E-state index in [9.17, 15) is 8.42 Å². The first-order valence-electron chi connectivity index (χ1n) is 5.72. The topological polar surface area (TPSA) is 37.4 Å². The van der Waals surface area contributed by atoms with Gasteiger partial charge in [-0.1, -0.05) is 11.6 Å². The molecule has 1 aliphatic carbocycles. The zero-order valence-corrected chi connectivity index (χ0v) is 10.3. The van der Waals surface area contributed by atoms with Crippen molar-refractivity contribution >= 4 is 10.0 Å². The van der Waals surface area contributed by atoms with Gasteiger partial charge in [0.1, 0.15) is 0 Å². The van der Waals surface area contributed by atoms with Gasteiger partial charge in [0.2, 0.25) is 10.0 Å². The molecule has 3 nitrogen and oxygen atoms in total. The second kappa shape index (κ2) is 3.91. The molecule has 0 aromatic heterocycles. The standard InChI is InChI=1S/C11H19NO2S/c1-3-15(13,14)12-8-7-10-9(2)5-4-6-11(10)12/h5,10-11H,3-4,6-8H2,1-2H3. The molecular weight excluding hydrogens is 210 g/mol. The van der Waals surface area contributed by atoms with Crippen LogP contribution >= 0.6 is 0 Å². The van der Waals surface area contributed by atoms with Crippen LogP contribution in [0, 0.1) is 5.92 Å². The largest absolute Gasteiger partial charge is 0.214 e. The summed E-state index contributed by atoms with van der Waals surface area (Å²) in [6, 6.07) is 0.250. The van der Waals surface area contributed by atoms with Gasteiger partial charge in [-0.05, 0) is 39.0 Å². The van der Waals surface area contributed by atoms with Gasteiger partial charge >= 0.3 is 0 Å². The van der Waals surface area contributed by atoms with E-state index in [1.165, 1.54) is 5.57 Å². The number of allylic oxidation sites excluding steroid dienone is 1. The molecule has 0 amide bonds. The fourth-order valence-electron chi connectivity index (χ4n) is 2.85. The molecule has 86 valence electrons. The number of hydrogen-bond acceptors (Lipinski definition) is 2. The normalized spacial score (nSPS) is 32.5. The van der Waals surface area contributed by atoms with Crippen LogP contribution in [0.3, 0.4) is 0 Å². The first-order valence-corrected chi connectivity index (χ1v) is 7.33. The minimum Gasteiger partial charge on any atom is -0.212 e. The van der Waals surface area contributed by atoms with Crippen LogP contribution in [0.25, 0.3) is 0 Å². The molecule has 1 heterocycles. The second-order valence-corrected chi connectivity index (χ2v) is 6.71. The van der Waals surface area contributed by atoms with Crippen molar-refractivity contribution in [2.24, 2.45) is 5.92 Å². The van der Waals surface area contributed by atoms with E-state index in [0.717, 1.165) is 25.8 Å². The Labute approximate surface area is 92.2 Å². The first-order chi connectivity index (χ1) is 7.06. The molecule has 2 unspecified atom stereocenters. The van der Waals surface area contributed by atoms with Gasteiger partial charge < -0.3 is 0 Å². The number of rotatable bonds is 2. The van der Waals surface area contributed by atoms with Crippen molar-refractivity contribution in [2.45, 2.75) is 39.2 Å². The van der Waals surface area contributed by atoms with E-state index >= 15 is 0 Å². The lowest BCUT2D eigenvalue weighted by molar-refractivity contribution is 0.330. The van der Waals surface area contributed by atoms with Crippen LogP contribution in [0.2, 0.25) is 0 Å². The van der Waals surface area contributed by atoms with Gasteiger partial charge in [0.15, 0.2) is 0 Å². The quantitative estimate of drug-likeness (QED) is 0.677. The van der Waals surface area contributed by atoms with E-state index < -0.39 is 10.0 Å². The van der Waals surface area contributed by atoms with Crippen molar-refractivity contribution in [2.75, 3.05) is 12.3 Å². The van der Waals surface area contributed by atoms with E-state index in [0.29, 0.717) is 5.92 Å². The summed E-state index contributed by atoms with van der Waals surface area (Å²) in [4.78, 5) is 0. The third-order valence-corrected chi connectivity index (χ3v) is 5.63. The molecule has 1 aliphatic heterocycles. The van der Waals surface area contributed by atoms with Gasteiger partial charge in [0.25, 0.3) is 0 Å². The number of fused-ring (bicyclic) bond motifs is 1. The highest BCUT2D eigenvalue weighted by Gasteiger charge is 2.41. The minimum absolute atomic E-state index is 0.235. The second-order valence-electron chi connectivity index (χ2n) is 4.50. The van der Waals surface area contributed by atoms with Crippen molar-refractivity contribution < 1.29 is 8.42 Å². The van der Waals surface area contributed by atoms with E-state index in [-0.39, 0.29) is 11.8 Å². The highest BCUT2D eigenvalue weighted by atomic mass is 32.2. The van der Waals surface area contributed by atoms with Gasteiger partial charge in [-0.3, -0.25) is 0 Å². The van der Waals surface area contributed by atoms with E-state index in [2.05, 4.69) is 13.0 Å². The summed E-state index contributed by atoms with van der Waals surface area (Å²) in [6.45, 7) is 4.59. The maximum absolute atomic E-state index is 11.9. The highest BCUT2D eigenvalue weighted by molar-refractivity contribution is 7.89. The molecule has 4 heteroatoms. The van der Waals surface area contributed by atoms with Crippen LogP contribution in [0.4, 0.5) is 0 Å². The van der Waals surface area contributed by atoms with Crippen LogP contribution in [-0.2, 0) is 10.0 Å². The molecular formula is C11H19NO2S. The predicted octanol–water partition coefficient (Wildman–Crippen LogP) is 1.77. The first kappa shape index (κ1) is 11.1. The molecule has 0 spiro atoms. The molecule has 1 fully saturated rings. The van der Waals surface area contributed by atoms with Crippen molar-refractivity contribution in [3.05, 3.63) is 11.6 Å². The van der Waals surface area contributed by atoms with Crippen LogP contribution in [0.15, 0.2) is 11.6 Å². The van der Waals surface area contributed by atoms with Crippen LogP contribution < -0.4 is 0 Å².